The van der Waals surface area contributed by atoms with Crippen LogP contribution in [0.25, 0.3) is 0 Å². The van der Waals surface area contributed by atoms with E-state index < -0.39 is 11.0 Å². The molecule has 0 saturated carbocycles. The van der Waals surface area contributed by atoms with Crippen LogP contribution in [0, 0.1) is 10.1 Å². The largest absolute Gasteiger partial charge is 0.468 e. The molecular weight excluding hydrogens is 326 g/mol. The lowest BCUT2D eigenvalue weighted by Crippen LogP contribution is -2.38. The zero-order chi connectivity index (χ0) is 17.6. The van der Waals surface area contributed by atoms with Crippen LogP contribution in [0.3, 0.4) is 0 Å². The first-order valence-electron chi connectivity index (χ1n) is 8.06. The molecule has 2 amide bonds. The van der Waals surface area contributed by atoms with Crippen LogP contribution >= 0.6 is 0 Å². The number of nitrogens with zero attached hydrogens (tertiary/aromatic N) is 3. The van der Waals surface area contributed by atoms with E-state index in [0.717, 1.165) is 37.9 Å². The molecule has 1 fully saturated rings. The van der Waals surface area contributed by atoms with Crippen molar-refractivity contribution in [2.75, 3.05) is 25.0 Å². The summed E-state index contributed by atoms with van der Waals surface area (Å²) >= 11 is 0. The summed E-state index contributed by atoms with van der Waals surface area (Å²) in [6, 6.07) is 4.53. The van der Waals surface area contributed by atoms with E-state index in [1.165, 1.54) is 12.3 Å². The molecule has 0 radical (unpaired) electrons. The number of pyridine rings is 1. The number of carbonyl (C=O) groups excluding carboxylic acids is 1. The van der Waals surface area contributed by atoms with Crippen LogP contribution in [0.2, 0.25) is 0 Å². The average molecular weight is 345 g/mol. The summed E-state index contributed by atoms with van der Waals surface area (Å²) in [6.45, 7) is 2.24. The summed E-state index contributed by atoms with van der Waals surface area (Å²) in [7, 11) is 0. The number of urea groups is 1. The number of rotatable bonds is 6. The second-order valence-electron chi connectivity index (χ2n) is 5.76. The van der Waals surface area contributed by atoms with Gasteiger partial charge in [-0.15, -0.1) is 0 Å². The molecule has 3 heterocycles. The summed E-state index contributed by atoms with van der Waals surface area (Å²) in [6.07, 6.45) is 6.34. The Hall–Kier alpha value is -2.94. The van der Waals surface area contributed by atoms with Gasteiger partial charge in [-0.3, -0.25) is 20.0 Å². The zero-order valence-corrected chi connectivity index (χ0v) is 13.6. The highest BCUT2D eigenvalue weighted by Crippen LogP contribution is 2.25. The number of anilines is 1. The number of hydrogen-bond donors (Lipinski definition) is 2. The van der Waals surface area contributed by atoms with Crippen molar-refractivity contribution in [1.82, 2.24) is 15.2 Å². The van der Waals surface area contributed by atoms with E-state index in [9.17, 15) is 14.9 Å². The van der Waals surface area contributed by atoms with Crippen LogP contribution in [0.4, 0.5) is 16.2 Å². The Morgan fingerprint density at radius 3 is 2.88 bits per heavy atom. The van der Waals surface area contributed by atoms with Crippen molar-refractivity contribution in [3.8, 4) is 0 Å². The normalized spacial score (nSPS) is 15.7. The van der Waals surface area contributed by atoms with Crippen LogP contribution in [-0.2, 0) is 0 Å². The van der Waals surface area contributed by atoms with Crippen molar-refractivity contribution in [2.45, 2.75) is 18.9 Å². The second-order valence-corrected chi connectivity index (χ2v) is 5.76. The van der Waals surface area contributed by atoms with E-state index in [1.54, 1.807) is 6.26 Å². The molecule has 25 heavy (non-hydrogen) atoms. The molecular formula is C16H19N5O4. The van der Waals surface area contributed by atoms with E-state index >= 15 is 0 Å². The van der Waals surface area contributed by atoms with Crippen LogP contribution < -0.4 is 10.6 Å². The number of nitro groups is 1. The van der Waals surface area contributed by atoms with Crippen molar-refractivity contribution in [3.63, 3.8) is 0 Å². The lowest BCUT2D eigenvalue weighted by Gasteiger charge is -2.26. The summed E-state index contributed by atoms with van der Waals surface area (Å²) in [5, 5.41) is 16.2. The minimum absolute atomic E-state index is 0.0596. The summed E-state index contributed by atoms with van der Waals surface area (Å²) in [5.74, 6) is 0.789. The number of nitrogens with one attached hydrogen (secondary N) is 2. The van der Waals surface area contributed by atoms with E-state index in [-0.39, 0.29) is 17.4 Å². The highest BCUT2D eigenvalue weighted by Gasteiger charge is 2.26. The maximum atomic E-state index is 12.2. The molecule has 2 aromatic heterocycles. The topological polar surface area (TPSA) is 114 Å². The summed E-state index contributed by atoms with van der Waals surface area (Å²) < 4.78 is 5.50. The molecule has 0 aliphatic carbocycles. The first kappa shape index (κ1) is 16.9. The van der Waals surface area contributed by atoms with Crippen LogP contribution in [0.1, 0.15) is 24.6 Å². The molecule has 1 unspecified atom stereocenters. The highest BCUT2D eigenvalue weighted by atomic mass is 16.6. The van der Waals surface area contributed by atoms with E-state index in [4.69, 9.17) is 4.42 Å². The summed E-state index contributed by atoms with van der Waals surface area (Å²) in [5.41, 5.74) is -0.145. The minimum atomic E-state index is -0.585. The van der Waals surface area contributed by atoms with Gasteiger partial charge in [0.05, 0.1) is 17.2 Å². The van der Waals surface area contributed by atoms with E-state index in [1.807, 2.05) is 12.1 Å². The lowest BCUT2D eigenvalue weighted by atomic mass is 10.2. The molecule has 0 aromatic carbocycles. The van der Waals surface area contributed by atoms with Crippen molar-refractivity contribution in [3.05, 3.63) is 52.7 Å². The Balaban J connectivity index is 1.63. The molecule has 132 valence electrons. The monoisotopic (exact) mass is 345 g/mol. The van der Waals surface area contributed by atoms with E-state index in [2.05, 4.69) is 20.5 Å². The van der Waals surface area contributed by atoms with Gasteiger partial charge in [0, 0.05) is 12.7 Å². The van der Waals surface area contributed by atoms with Gasteiger partial charge in [-0.05, 0) is 44.1 Å². The maximum Gasteiger partial charge on any atom is 0.319 e. The van der Waals surface area contributed by atoms with E-state index in [0.29, 0.717) is 6.54 Å². The number of furan rings is 1. The van der Waals surface area contributed by atoms with Gasteiger partial charge in [0.2, 0.25) is 0 Å². The molecule has 2 N–H and O–H groups in total. The molecule has 1 aliphatic heterocycles. The quantitative estimate of drug-likeness (QED) is 0.614. The van der Waals surface area contributed by atoms with Gasteiger partial charge in [0.15, 0.2) is 0 Å². The van der Waals surface area contributed by atoms with Crippen molar-refractivity contribution in [1.29, 1.82) is 0 Å². The third-order valence-electron chi connectivity index (χ3n) is 4.15. The molecule has 3 rings (SSSR count). The minimum Gasteiger partial charge on any atom is -0.468 e. The first-order chi connectivity index (χ1) is 12.1. The van der Waals surface area contributed by atoms with Crippen molar-refractivity contribution < 1.29 is 14.1 Å². The van der Waals surface area contributed by atoms with Gasteiger partial charge in [0.25, 0.3) is 0 Å². The van der Waals surface area contributed by atoms with Crippen LogP contribution in [0.5, 0.6) is 0 Å². The number of hydrogen-bond acceptors (Lipinski definition) is 6. The lowest BCUT2D eigenvalue weighted by molar-refractivity contribution is -0.384. The fourth-order valence-corrected chi connectivity index (χ4v) is 2.94. The highest BCUT2D eigenvalue weighted by molar-refractivity contribution is 5.91. The Kier molecular flexibility index (Phi) is 5.24. The summed E-state index contributed by atoms with van der Waals surface area (Å²) in [4.78, 5) is 28.5. The van der Waals surface area contributed by atoms with Gasteiger partial charge in [-0.1, -0.05) is 0 Å². The van der Waals surface area contributed by atoms with Gasteiger partial charge in [0.1, 0.15) is 17.6 Å². The number of carbonyl (C=O) groups is 1. The number of amides is 2. The van der Waals surface area contributed by atoms with Crippen LogP contribution in [0.15, 0.2) is 41.3 Å². The molecule has 2 aromatic rings. The van der Waals surface area contributed by atoms with Gasteiger partial charge in [-0.2, -0.15) is 0 Å². The predicted octanol–water partition coefficient (Wildman–Crippen LogP) is 2.54. The molecule has 0 spiro atoms. The third kappa shape index (κ3) is 4.13. The average Bonchev–Trinajstić information content (AvgIpc) is 3.29. The SMILES string of the molecule is O=C(NCC(c1ccco1)N1CCCC1)Nc1ccncc1[N+](=O)[O-]. The fourth-order valence-electron chi connectivity index (χ4n) is 2.94. The second kappa shape index (κ2) is 7.75. The zero-order valence-electron chi connectivity index (χ0n) is 13.6. The Bertz CT molecular complexity index is 728. The van der Waals surface area contributed by atoms with Crippen LogP contribution in [-0.4, -0.2) is 40.5 Å². The maximum absolute atomic E-state index is 12.2. The van der Waals surface area contributed by atoms with Gasteiger partial charge >= 0.3 is 11.7 Å². The smallest absolute Gasteiger partial charge is 0.319 e. The molecule has 1 aliphatic rings. The molecule has 1 atom stereocenters. The van der Waals surface area contributed by atoms with Crippen molar-refractivity contribution >= 4 is 17.4 Å². The standard InChI is InChI=1S/C16H19N5O4/c22-16(19-12-5-6-17-10-13(12)21(23)24)18-11-14(15-4-3-9-25-15)20-7-1-2-8-20/h3-6,9-10,14H,1-2,7-8,11H2,(H2,17,18,19,22). The number of likely N-dealkylation sites (tertiary alicyclic amines) is 1. The first-order valence-corrected chi connectivity index (χ1v) is 8.06. The Morgan fingerprint density at radius 1 is 1.40 bits per heavy atom. The van der Waals surface area contributed by atoms with Crippen molar-refractivity contribution in [2.24, 2.45) is 0 Å². The number of aromatic nitrogens is 1. The molecule has 0 bridgehead atoms. The molecule has 9 nitrogen and oxygen atoms in total. The van der Waals surface area contributed by atoms with Gasteiger partial charge < -0.3 is 15.1 Å². The third-order valence-corrected chi connectivity index (χ3v) is 4.15. The molecule has 1 saturated heterocycles. The van der Waals surface area contributed by atoms with Gasteiger partial charge in [-0.25, -0.2) is 4.79 Å². The Labute approximate surface area is 144 Å². The molecule has 9 heteroatoms. The predicted molar refractivity (Wildman–Crippen MR) is 90.2 cm³/mol. The fraction of sp³-hybridized carbons (Fsp3) is 0.375. The Morgan fingerprint density at radius 2 is 2.20 bits per heavy atom.